The van der Waals surface area contributed by atoms with Crippen molar-refractivity contribution in [1.29, 1.82) is 0 Å². The van der Waals surface area contributed by atoms with Gasteiger partial charge in [0.25, 0.3) is 0 Å². The summed E-state index contributed by atoms with van der Waals surface area (Å²) in [7, 11) is 0. The highest BCUT2D eigenvalue weighted by Gasteiger charge is 2.41. The van der Waals surface area contributed by atoms with Gasteiger partial charge in [0.15, 0.2) is 0 Å². The number of hydrogen-bond acceptors (Lipinski definition) is 3. The van der Waals surface area contributed by atoms with Crippen LogP contribution < -0.4 is 0 Å². The van der Waals surface area contributed by atoms with Crippen LogP contribution in [0.1, 0.15) is 40.5 Å². The minimum atomic E-state index is -0.295. The van der Waals surface area contributed by atoms with Crippen molar-refractivity contribution in [2.75, 3.05) is 19.8 Å². The summed E-state index contributed by atoms with van der Waals surface area (Å²) < 4.78 is 11.0. The standard InChI is InChI=1S/C13H24O3/c1-10(2)12(14)13(9-16-11(3)4)5-7-15-8-6-13/h10-11H,5-9H2,1-4H3. The highest BCUT2D eigenvalue weighted by Crippen LogP contribution is 2.34. The second-order valence-electron chi connectivity index (χ2n) is 5.27. The van der Waals surface area contributed by atoms with Gasteiger partial charge in [-0.2, -0.15) is 0 Å². The van der Waals surface area contributed by atoms with E-state index in [4.69, 9.17) is 9.47 Å². The van der Waals surface area contributed by atoms with E-state index >= 15 is 0 Å². The van der Waals surface area contributed by atoms with Crippen molar-refractivity contribution in [2.45, 2.75) is 46.6 Å². The minimum Gasteiger partial charge on any atom is -0.381 e. The highest BCUT2D eigenvalue weighted by atomic mass is 16.5. The first-order chi connectivity index (χ1) is 7.48. The van der Waals surface area contributed by atoms with Crippen LogP contribution in [0, 0.1) is 11.3 Å². The fraction of sp³-hybridized carbons (Fsp3) is 0.923. The molecule has 0 N–H and O–H groups in total. The predicted molar refractivity (Wildman–Crippen MR) is 63.4 cm³/mol. The van der Waals surface area contributed by atoms with Gasteiger partial charge in [-0.3, -0.25) is 4.79 Å². The van der Waals surface area contributed by atoms with Crippen molar-refractivity contribution in [1.82, 2.24) is 0 Å². The van der Waals surface area contributed by atoms with Crippen molar-refractivity contribution >= 4 is 5.78 Å². The average molecular weight is 228 g/mol. The van der Waals surface area contributed by atoms with E-state index in [2.05, 4.69) is 0 Å². The maximum atomic E-state index is 12.3. The largest absolute Gasteiger partial charge is 0.381 e. The zero-order valence-electron chi connectivity index (χ0n) is 10.9. The number of carbonyl (C=O) groups excluding carboxylic acids is 1. The lowest BCUT2D eigenvalue weighted by molar-refractivity contribution is -0.144. The topological polar surface area (TPSA) is 35.5 Å². The van der Waals surface area contributed by atoms with E-state index in [1.54, 1.807) is 0 Å². The molecule has 1 aliphatic rings. The average Bonchev–Trinajstić information content (AvgIpc) is 2.26. The molecule has 1 heterocycles. The zero-order valence-corrected chi connectivity index (χ0v) is 10.9. The van der Waals surface area contributed by atoms with E-state index in [9.17, 15) is 4.79 Å². The van der Waals surface area contributed by atoms with Gasteiger partial charge < -0.3 is 9.47 Å². The molecule has 0 aromatic rings. The first kappa shape index (κ1) is 13.7. The van der Waals surface area contributed by atoms with Crippen LogP contribution in [0.3, 0.4) is 0 Å². The third-order valence-corrected chi connectivity index (χ3v) is 3.19. The van der Waals surface area contributed by atoms with Gasteiger partial charge in [0.1, 0.15) is 5.78 Å². The second-order valence-corrected chi connectivity index (χ2v) is 5.27. The Balaban J connectivity index is 2.71. The van der Waals surface area contributed by atoms with Crippen molar-refractivity contribution in [3.63, 3.8) is 0 Å². The summed E-state index contributed by atoms with van der Waals surface area (Å²) in [5.74, 6) is 0.408. The number of Topliss-reactive ketones (excluding diaryl/α,β-unsaturated/α-hetero) is 1. The van der Waals surface area contributed by atoms with E-state index in [1.807, 2.05) is 27.7 Å². The summed E-state index contributed by atoms with van der Waals surface area (Å²) in [4.78, 5) is 12.3. The number of hydrogen-bond donors (Lipinski definition) is 0. The molecule has 1 saturated heterocycles. The molecule has 0 radical (unpaired) electrons. The molecule has 0 unspecified atom stereocenters. The van der Waals surface area contributed by atoms with Crippen LogP contribution in [0.15, 0.2) is 0 Å². The Bertz CT molecular complexity index is 227. The van der Waals surface area contributed by atoms with Crippen LogP contribution in [0.25, 0.3) is 0 Å². The van der Waals surface area contributed by atoms with E-state index < -0.39 is 0 Å². The highest BCUT2D eigenvalue weighted by molar-refractivity contribution is 5.86. The van der Waals surface area contributed by atoms with Crippen molar-refractivity contribution in [3.05, 3.63) is 0 Å². The van der Waals surface area contributed by atoms with Gasteiger partial charge >= 0.3 is 0 Å². The SMILES string of the molecule is CC(C)OCC1(C(=O)C(C)C)CCOCC1. The second kappa shape index (κ2) is 5.78. The van der Waals surface area contributed by atoms with Gasteiger partial charge in [0.05, 0.1) is 18.1 Å². The number of carbonyl (C=O) groups is 1. The van der Waals surface area contributed by atoms with Gasteiger partial charge in [0.2, 0.25) is 0 Å². The Morgan fingerprint density at radius 2 is 1.81 bits per heavy atom. The molecule has 0 atom stereocenters. The van der Waals surface area contributed by atoms with Crippen LogP contribution in [-0.4, -0.2) is 31.7 Å². The summed E-state index contributed by atoms with van der Waals surface area (Å²) in [5, 5.41) is 0. The molecule has 0 aromatic carbocycles. The first-order valence-electron chi connectivity index (χ1n) is 6.21. The third kappa shape index (κ3) is 3.29. The molecule has 1 aliphatic heterocycles. The fourth-order valence-electron chi connectivity index (χ4n) is 2.16. The zero-order chi connectivity index (χ0) is 12.2. The first-order valence-corrected chi connectivity index (χ1v) is 6.21. The molecule has 0 spiro atoms. The molecule has 0 aromatic heterocycles. The van der Waals surface area contributed by atoms with Gasteiger partial charge in [-0.1, -0.05) is 13.8 Å². The maximum absolute atomic E-state index is 12.3. The lowest BCUT2D eigenvalue weighted by atomic mass is 9.73. The molecule has 3 heteroatoms. The van der Waals surface area contributed by atoms with Crippen molar-refractivity contribution in [2.24, 2.45) is 11.3 Å². The quantitative estimate of drug-likeness (QED) is 0.725. The monoisotopic (exact) mass is 228 g/mol. The Morgan fingerprint density at radius 3 is 2.25 bits per heavy atom. The molecule has 0 aliphatic carbocycles. The molecule has 0 saturated carbocycles. The van der Waals surface area contributed by atoms with E-state index in [0.29, 0.717) is 25.6 Å². The summed E-state index contributed by atoms with van der Waals surface area (Å²) >= 11 is 0. The molecular weight excluding hydrogens is 204 g/mol. The summed E-state index contributed by atoms with van der Waals surface area (Å²) in [6.07, 6.45) is 1.78. The number of rotatable bonds is 5. The molecule has 3 nitrogen and oxygen atoms in total. The van der Waals surface area contributed by atoms with Gasteiger partial charge in [-0.25, -0.2) is 0 Å². The minimum absolute atomic E-state index is 0.0777. The Morgan fingerprint density at radius 1 is 1.25 bits per heavy atom. The predicted octanol–water partition coefficient (Wildman–Crippen LogP) is 2.43. The van der Waals surface area contributed by atoms with Gasteiger partial charge in [-0.15, -0.1) is 0 Å². The molecule has 1 fully saturated rings. The van der Waals surface area contributed by atoms with Crippen LogP contribution in [-0.2, 0) is 14.3 Å². The van der Waals surface area contributed by atoms with E-state index in [1.165, 1.54) is 0 Å². The van der Waals surface area contributed by atoms with Crippen LogP contribution >= 0.6 is 0 Å². The molecular formula is C13H24O3. The van der Waals surface area contributed by atoms with Gasteiger partial charge in [-0.05, 0) is 26.7 Å². The Hall–Kier alpha value is -0.410. The Kier molecular flexibility index (Phi) is 4.93. The molecule has 0 bridgehead atoms. The smallest absolute Gasteiger partial charge is 0.144 e. The van der Waals surface area contributed by atoms with Crippen molar-refractivity contribution in [3.8, 4) is 0 Å². The summed E-state index contributed by atoms with van der Waals surface area (Å²) in [6.45, 7) is 9.86. The number of ether oxygens (including phenoxy) is 2. The molecule has 1 rings (SSSR count). The third-order valence-electron chi connectivity index (χ3n) is 3.19. The van der Waals surface area contributed by atoms with Crippen molar-refractivity contribution < 1.29 is 14.3 Å². The Labute approximate surface area is 98.5 Å². The van der Waals surface area contributed by atoms with E-state index in [0.717, 1.165) is 12.8 Å². The lowest BCUT2D eigenvalue weighted by Gasteiger charge is -2.37. The van der Waals surface area contributed by atoms with Crippen LogP contribution in [0.2, 0.25) is 0 Å². The van der Waals surface area contributed by atoms with E-state index in [-0.39, 0.29) is 17.4 Å². The summed E-state index contributed by atoms with van der Waals surface area (Å²) in [6, 6.07) is 0. The molecule has 16 heavy (non-hydrogen) atoms. The van der Waals surface area contributed by atoms with Crippen LogP contribution in [0.4, 0.5) is 0 Å². The maximum Gasteiger partial charge on any atom is 0.144 e. The fourth-order valence-corrected chi connectivity index (χ4v) is 2.16. The van der Waals surface area contributed by atoms with Crippen LogP contribution in [0.5, 0.6) is 0 Å². The van der Waals surface area contributed by atoms with Gasteiger partial charge in [0, 0.05) is 19.1 Å². The molecule has 94 valence electrons. The molecule has 0 amide bonds. The normalized spacial score (nSPS) is 20.4. The summed E-state index contributed by atoms with van der Waals surface area (Å²) in [5.41, 5.74) is -0.295. The number of ketones is 1. The lowest BCUT2D eigenvalue weighted by Crippen LogP contribution is -2.43.